The van der Waals surface area contributed by atoms with Gasteiger partial charge in [0, 0.05) is 52.2 Å². The van der Waals surface area contributed by atoms with Crippen molar-refractivity contribution in [1.29, 1.82) is 0 Å². The lowest BCUT2D eigenvalue weighted by atomic mass is 10.2. The smallest absolute Gasteiger partial charge is 0.303 e. The number of ether oxygens (including phenoxy) is 2. The van der Waals surface area contributed by atoms with E-state index >= 15 is 0 Å². The molecule has 2 saturated heterocycles. The first-order valence-corrected chi connectivity index (χ1v) is 8.06. The summed E-state index contributed by atoms with van der Waals surface area (Å²) in [5, 5.41) is 8.65. The molecule has 1 N–H and O–H groups in total. The minimum atomic E-state index is -0.850. The van der Waals surface area contributed by atoms with Crippen molar-refractivity contribution in [2.24, 2.45) is 0 Å². The molecule has 0 unspecified atom stereocenters. The number of carboxylic acids is 1. The van der Waals surface area contributed by atoms with Crippen LogP contribution in [0.1, 0.15) is 25.7 Å². The maximum Gasteiger partial charge on any atom is 0.303 e. The van der Waals surface area contributed by atoms with Crippen molar-refractivity contribution in [2.75, 3.05) is 52.5 Å². The van der Waals surface area contributed by atoms with E-state index in [0.717, 1.165) is 39.3 Å². The van der Waals surface area contributed by atoms with E-state index < -0.39 is 5.97 Å². The molecule has 0 spiro atoms. The van der Waals surface area contributed by atoms with Gasteiger partial charge in [-0.05, 0) is 12.8 Å². The first kappa shape index (κ1) is 17.2. The molecule has 22 heavy (non-hydrogen) atoms. The highest BCUT2D eigenvalue weighted by Crippen LogP contribution is 2.11. The molecule has 1 amide bonds. The van der Waals surface area contributed by atoms with Crippen LogP contribution in [-0.2, 0) is 19.1 Å². The van der Waals surface area contributed by atoms with Gasteiger partial charge in [0.25, 0.3) is 0 Å². The standard InChI is InChI=1S/C15H26N2O5/c18-14(3-1-4-15(19)20)17-5-2-8-22-13(12-17)11-16-6-9-21-10-7-16/h13H,1-12H2,(H,19,20)/t13-/m1/s1. The molecule has 0 saturated carbocycles. The molecule has 2 heterocycles. The molecule has 7 nitrogen and oxygen atoms in total. The van der Waals surface area contributed by atoms with Crippen molar-refractivity contribution in [3.63, 3.8) is 0 Å². The summed E-state index contributed by atoms with van der Waals surface area (Å²) < 4.78 is 11.2. The van der Waals surface area contributed by atoms with Crippen LogP contribution >= 0.6 is 0 Å². The molecule has 126 valence electrons. The number of morpholine rings is 1. The summed E-state index contributed by atoms with van der Waals surface area (Å²) in [7, 11) is 0. The van der Waals surface area contributed by atoms with Gasteiger partial charge < -0.3 is 19.5 Å². The molecule has 7 heteroatoms. The molecule has 2 fully saturated rings. The Kier molecular flexibility index (Phi) is 7.08. The van der Waals surface area contributed by atoms with Gasteiger partial charge in [-0.25, -0.2) is 0 Å². The Balaban J connectivity index is 1.78. The second kappa shape index (κ2) is 9.07. The Labute approximate surface area is 131 Å². The van der Waals surface area contributed by atoms with E-state index in [9.17, 15) is 9.59 Å². The number of carbonyl (C=O) groups excluding carboxylic acids is 1. The lowest BCUT2D eigenvalue weighted by Crippen LogP contribution is -2.45. The van der Waals surface area contributed by atoms with Crippen LogP contribution in [0.2, 0.25) is 0 Å². The van der Waals surface area contributed by atoms with E-state index in [1.54, 1.807) is 0 Å². The maximum atomic E-state index is 12.2. The molecule has 0 aliphatic carbocycles. The molecule has 0 aromatic heterocycles. The largest absolute Gasteiger partial charge is 0.481 e. The van der Waals surface area contributed by atoms with E-state index in [4.69, 9.17) is 14.6 Å². The van der Waals surface area contributed by atoms with Crippen molar-refractivity contribution < 1.29 is 24.2 Å². The average molecular weight is 314 g/mol. The van der Waals surface area contributed by atoms with E-state index in [2.05, 4.69) is 4.90 Å². The summed E-state index contributed by atoms with van der Waals surface area (Å²) in [6, 6.07) is 0. The van der Waals surface area contributed by atoms with Crippen LogP contribution in [-0.4, -0.2) is 85.4 Å². The number of amides is 1. The molecular weight excluding hydrogens is 288 g/mol. The monoisotopic (exact) mass is 314 g/mol. The minimum absolute atomic E-state index is 0.0315. The van der Waals surface area contributed by atoms with E-state index in [0.29, 0.717) is 32.5 Å². The summed E-state index contributed by atoms with van der Waals surface area (Å²) in [5.74, 6) is -0.809. The molecule has 1 atom stereocenters. The summed E-state index contributed by atoms with van der Waals surface area (Å²) in [4.78, 5) is 26.9. The van der Waals surface area contributed by atoms with Crippen LogP contribution in [0.5, 0.6) is 0 Å². The number of carbonyl (C=O) groups is 2. The van der Waals surface area contributed by atoms with E-state index in [1.807, 2.05) is 4.90 Å². The van der Waals surface area contributed by atoms with Gasteiger partial charge in [0.15, 0.2) is 0 Å². The van der Waals surface area contributed by atoms with Crippen LogP contribution in [0.15, 0.2) is 0 Å². The van der Waals surface area contributed by atoms with Crippen LogP contribution < -0.4 is 0 Å². The lowest BCUT2D eigenvalue weighted by Gasteiger charge is -2.31. The van der Waals surface area contributed by atoms with Crippen LogP contribution in [0.3, 0.4) is 0 Å². The highest BCUT2D eigenvalue weighted by molar-refractivity contribution is 5.77. The Hall–Kier alpha value is -1.18. The number of rotatable bonds is 6. The average Bonchev–Trinajstić information content (AvgIpc) is 2.73. The topological polar surface area (TPSA) is 79.3 Å². The number of hydrogen-bond acceptors (Lipinski definition) is 5. The Morgan fingerprint density at radius 1 is 1.09 bits per heavy atom. The molecule has 2 aliphatic heterocycles. The van der Waals surface area contributed by atoms with Crippen molar-refractivity contribution in [1.82, 2.24) is 9.80 Å². The van der Waals surface area contributed by atoms with Gasteiger partial charge in [-0.3, -0.25) is 14.5 Å². The van der Waals surface area contributed by atoms with Crippen LogP contribution in [0.25, 0.3) is 0 Å². The van der Waals surface area contributed by atoms with Crippen molar-refractivity contribution in [2.45, 2.75) is 31.8 Å². The fourth-order valence-electron chi connectivity index (χ4n) is 2.85. The quantitative estimate of drug-likeness (QED) is 0.754. The molecular formula is C15H26N2O5. The van der Waals surface area contributed by atoms with Gasteiger partial charge in [0.1, 0.15) is 0 Å². The van der Waals surface area contributed by atoms with E-state index in [1.165, 1.54) is 0 Å². The zero-order chi connectivity index (χ0) is 15.8. The summed E-state index contributed by atoms with van der Waals surface area (Å²) in [5.41, 5.74) is 0. The highest BCUT2D eigenvalue weighted by atomic mass is 16.5. The molecule has 0 aromatic carbocycles. The van der Waals surface area contributed by atoms with Crippen molar-refractivity contribution in [3.8, 4) is 0 Å². The van der Waals surface area contributed by atoms with Gasteiger partial charge in [0.2, 0.25) is 5.91 Å². The third-order valence-electron chi connectivity index (χ3n) is 4.05. The molecule has 0 bridgehead atoms. The van der Waals surface area contributed by atoms with Crippen LogP contribution in [0.4, 0.5) is 0 Å². The first-order valence-electron chi connectivity index (χ1n) is 8.06. The second-order valence-electron chi connectivity index (χ2n) is 5.85. The maximum absolute atomic E-state index is 12.2. The van der Waals surface area contributed by atoms with Gasteiger partial charge in [0.05, 0.1) is 19.3 Å². The molecule has 0 aromatic rings. The first-order chi connectivity index (χ1) is 10.6. The number of hydrogen-bond donors (Lipinski definition) is 1. The Morgan fingerprint density at radius 3 is 2.59 bits per heavy atom. The fraction of sp³-hybridized carbons (Fsp3) is 0.867. The summed E-state index contributed by atoms with van der Waals surface area (Å²) in [6.07, 6.45) is 1.62. The number of carboxylic acid groups (broad SMARTS) is 1. The number of aliphatic carboxylic acids is 1. The third-order valence-corrected chi connectivity index (χ3v) is 4.05. The Morgan fingerprint density at radius 2 is 1.86 bits per heavy atom. The van der Waals surface area contributed by atoms with Gasteiger partial charge in [-0.2, -0.15) is 0 Å². The third kappa shape index (κ3) is 5.90. The molecule has 0 radical (unpaired) electrons. The van der Waals surface area contributed by atoms with Crippen LogP contribution in [0, 0.1) is 0 Å². The van der Waals surface area contributed by atoms with Gasteiger partial charge >= 0.3 is 5.97 Å². The fourth-order valence-corrected chi connectivity index (χ4v) is 2.85. The van der Waals surface area contributed by atoms with Gasteiger partial charge in [-0.15, -0.1) is 0 Å². The van der Waals surface area contributed by atoms with E-state index in [-0.39, 0.29) is 18.4 Å². The van der Waals surface area contributed by atoms with Crippen molar-refractivity contribution >= 4 is 11.9 Å². The van der Waals surface area contributed by atoms with Gasteiger partial charge in [-0.1, -0.05) is 0 Å². The zero-order valence-electron chi connectivity index (χ0n) is 13.0. The summed E-state index contributed by atoms with van der Waals surface area (Å²) >= 11 is 0. The Bertz CT molecular complexity index is 371. The SMILES string of the molecule is O=C(O)CCCC(=O)N1CCCO[C@H](CN2CCOCC2)C1. The van der Waals surface area contributed by atoms with Crippen molar-refractivity contribution in [3.05, 3.63) is 0 Å². The number of nitrogens with zero attached hydrogens (tertiary/aromatic N) is 2. The highest BCUT2D eigenvalue weighted by Gasteiger charge is 2.24. The normalized spacial score (nSPS) is 24.0. The lowest BCUT2D eigenvalue weighted by molar-refractivity contribution is -0.137. The predicted molar refractivity (Wildman–Crippen MR) is 79.7 cm³/mol. The summed E-state index contributed by atoms with van der Waals surface area (Å²) in [6.45, 7) is 6.12. The molecule has 2 rings (SSSR count). The molecule has 2 aliphatic rings. The predicted octanol–water partition coefficient (Wildman–Crippen LogP) is 0.191. The zero-order valence-corrected chi connectivity index (χ0v) is 13.0. The minimum Gasteiger partial charge on any atom is -0.481 e. The second-order valence-corrected chi connectivity index (χ2v) is 5.85.